The molecular weight excluding hydrogens is 338 g/mol. The van der Waals surface area contributed by atoms with Crippen LogP contribution >= 0.6 is 15.9 Å². The zero-order chi connectivity index (χ0) is 15.0. The first-order valence-electron chi connectivity index (χ1n) is 6.67. The Kier molecular flexibility index (Phi) is 3.83. The molecule has 7 nitrogen and oxygen atoms in total. The van der Waals surface area contributed by atoms with E-state index in [1.54, 1.807) is 12.4 Å². The summed E-state index contributed by atoms with van der Waals surface area (Å²) in [4.78, 5) is 21.0. The third-order valence-electron chi connectivity index (χ3n) is 3.59. The Hall–Kier alpha value is -1.64. The number of aliphatic hydroxyl groups excluding tert-OH is 1. The third-order valence-corrected chi connectivity index (χ3v) is 4.17. The fraction of sp³-hybridized carbons (Fsp3) is 0.385. The lowest BCUT2D eigenvalue weighted by molar-refractivity contribution is -0.118. The van der Waals surface area contributed by atoms with Crippen molar-refractivity contribution >= 4 is 44.2 Å². The van der Waals surface area contributed by atoms with Gasteiger partial charge in [-0.25, -0.2) is 4.98 Å². The van der Waals surface area contributed by atoms with Crippen LogP contribution in [0.2, 0.25) is 0 Å². The van der Waals surface area contributed by atoms with Crippen LogP contribution in [0.15, 0.2) is 16.9 Å². The quantitative estimate of drug-likeness (QED) is 0.652. The minimum Gasteiger partial charge on any atom is -0.387 e. The minimum atomic E-state index is -0.558. The summed E-state index contributed by atoms with van der Waals surface area (Å²) < 4.78 is 0.850. The summed E-state index contributed by atoms with van der Waals surface area (Å²) in [6.45, 7) is 1.06. The molecule has 112 valence electrons. The topological polar surface area (TPSA) is 107 Å². The molecule has 1 saturated heterocycles. The normalized spacial score (nSPS) is 18.4. The van der Waals surface area contributed by atoms with E-state index in [4.69, 9.17) is 10.8 Å². The van der Waals surface area contributed by atoms with Gasteiger partial charge in [-0.05, 0) is 22.4 Å². The van der Waals surface area contributed by atoms with Crippen molar-refractivity contribution in [3.05, 3.63) is 16.9 Å². The van der Waals surface area contributed by atoms with Crippen LogP contribution in [0.1, 0.15) is 6.42 Å². The molecule has 21 heavy (non-hydrogen) atoms. The zero-order valence-corrected chi connectivity index (χ0v) is 12.9. The molecule has 8 heteroatoms. The van der Waals surface area contributed by atoms with Crippen LogP contribution in [0.3, 0.4) is 0 Å². The summed E-state index contributed by atoms with van der Waals surface area (Å²) in [6, 6.07) is 0.148. The maximum absolute atomic E-state index is 11.5. The van der Waals surface area contributed by atoms with Gasteiger partial charge in [0, 0.05) is 31.5 Å². The summed E-state index contributed by atoms with van der Waals surface area (Å²) in [5.74, 6) is -0.458. The number of nitrogens with two attached hydrogens (primary N) is 1. The van der Waals surface area contributed by atoms with Crippen LogP contribution in [0.4, 0.5) is 11.4 Å². The standard InChI is InChI=1S/C13H16BrN5O2/c14-8-3-16-13-11(9(4-17-13)18-10(21)6-20)12(8)19-2-1-7(15)5-19/h3-4,7,20H,1-2,5-6,15H2,(H,16,17)(H,18,21). The lowest BCUT2D eigenvalue weighted by atomic mass is 10.2. The maximum Gasteiger partial charge on any atom is 0.250 e. The summed E-state index contributed by atoms with van der Waals surface area (Å²) >= 11 is 3.53. The largest absolute Gasteiger partial charge is 0.387 e. The molecule has 1 aliphatic rings. The molecule has 0 saturated carbocycles. The number of fused-ring (bicyclic) bond motifs is 1. The van der Waals surface area contributed by atoms with Gasteiger partial charge in [0.05, 0.1) is 21.2 Å². The Morgan fingerprint density at radius 2 is 2.48 bits per heavy atom. The first-order valence-corrected chi connectivity index (χ1v) is 7.46. The molecule has 5 N–H and O–H groups in total. The van der Waals surface area contributed by atoms with E-state index >= 15 is 0 Å². The first-order chi connectivity index (χ1) is 10.1. The molecule has 1 aliphatic heterocycles. The third kappa shape index (κ3) is 2.61. The van der Waals surface area contributed by atoms with Crippen molar-refractivity contribution in [3.8, 4) is 0 Å². The van der Waals surface area contributed by atoms with E-state index < -0.39 is 12.5 Å². The van der Waals surface area contributed by atoms with Crippen LogP contribution in [-0.2, 0) is 4.79 Å². The van der Waals surface area contributed by atoms with Crippen molar-refractivity contribution in [2.75, 3.05) is 29.9 Å². The monoisotopic (exact) mass is 353 g/mol. The number of nitrogens with one attached hydrogen (secondary N) is 2. The summed E-state index contributed by atoms with van der Waals surface area (Å²) in [7, 11) is 0. The van der Waals surface area contributed by atoms with Gasteiger partial charge in [0.25, 0.3) is 0 Å². The number of amides is 1. The molecule has 2 aromatic heterocycles. The number of carbonyl (C=O) groups excluding carboxylic acids is 1. The Labute approximate surface area is 129 Å². The van der Waals surface area contributed by atoms with Gasteiger partial charge >= 0.3 is 0 Å². The molecule has 0 aliphatic carbocycles. The van der Waals surface area contributed by atoms with E-state index in [0.29, 0.717) is 11.3 Å². The van der Waals surface area contributed by atoms with Crippen LogP contribution in [-0.4, -0.2) is 46.7 Å². The smallest absolute Gasteiger partial charge is 0.250 e. The number of rotatable bonds is 3. The van der Waals surface area contributed by atoms with Gasteiger partial charge in [0.1, 0.15) is 12.3 Å². The number of carbonyl (C=O) groups is 1. The van der Waals surface area contributed by atoms with Gasteiger partial charge < -0.3 is 26.0 Å². The van der Waals surface area contributed by atoms with Crippen molar-refractivity contribution in [2.45, 2.75) is 12.5 Å². The number of pyridine rings is 1. The minimum absolute atomic E-state index is 0.148. The predicted molar refractivity (Wildman–Crippen MR) is 84.3 cm³/mol. The van der Waals surface area contributed by atoms with Gasteiger partial charge in [-0.2, -0.15) is 0 Å². The Bertz CT molecular complexity index is 686. The second-order valence-electron chi connectivity index (χ2n) is 5.08. The molecule has 1 atom stereocenters. The molecular formula is C13H16BrN5O2. The van der Waals surface area contributed by atoms with Crippen molar-refractivity contribution < 1.29 is 9.90 Å². The molecule has 0 radical (unpaired) electrons. The van der Waals surface area contributed by atoms with E-state index in [2.05, 4.69) is 36.1 Å². The molecule has 3 rings (SSSR count). The molecule has 1 fully saturated rings. The van der Waals surface area contributed by atoms with E-state index in [0.717, 1.165) is 35.1 Å². The van der Waals surface area contributed by atoms with Crippen molar-refractivity contribution in [1.29, 1.82) is 0 Å². The SMILES string of the molecule is NC1CCN(c2c(Br)cnc3[nH]cc(NC(=O)CO)c23)C1. The van der Waals surface area contributed by atoms with Crippen LogP contribution in [0, 0.1) is 0 Å². The molecule has 3 heterocycles. The van der Waals surface area contributed by atoms with Gasteiger partial charge in [0.2, 0.25) is 5.91 Å². The highest BCUT2D eigenvalue weighted by molar-refractivity contribution is 9.10. The number of aromatic nitrogens is 2. The first kappa shape index (κ1) is 14.3. The van der Waals surface area contributed by atoms with Crippen LogP contribution < -0.4 is 16.0 Å². The summed E-state index contributed by atoms with van der Waals surface area (Å²) in [6.07, 6.45) is 4.34. The van der Waals surface area contributed by atoms with Crippen molar-refractivity contribution in [2.24, 2.45) is 5.73 Å². The maximum atomic E-state index is 11.5. The van der Waals surface area contributed by atoms with Gasteiger partial charge in [-0.15, -0.1) is 0 Å². The van der Waals surface area contributed by atoms with Gasteiger partial charge in [-0.1, -0.05) is 0 Å². The van der Waals surface area contributed by atoms with Crippen molar-refractivity contribution in [3.63, 3.8) is 0 Å². The number of anilines is 2. The van der Waals surface area contributed by atoms with Gasteiger partial charge in [-0.3, -0.25) is 4.79 Å². The zero-order valence-electron chi connectivity index (χ0n) is 11.3. The van der Waals surface area contributed by atoms with Gasteiger partial charge in [0.15, 0.2) is 0 Å². The number of hydrogen-bond donors (Lipinski definition) is 4. The van der Waals surface area contributed by atoms with E-state index in [9.17, 15) is 4.79 Å². The highest BCUT2D eigenvalue weighted by Crippen LogP contribution is 2.38. The average molecular weight is 354 g/mol. The number of H-pyrrole nitrogens is 1. The molecule has 2 aromatic rings. The van der Waals surface area contributed by atoms with Crippen LogP contribution in [0.25, 0.3) is 11.0 Å². The molecule has 0 aromatic carbocycles. The number of hydrogen-bond acceptors (Lipinski definition) is 5. The summed E-state index contributed by atoms with van der Waals surface area (Å²) in [5.41, 5.74) is 8.24. The number of halogens is 1. The molecule has 1 amide bonds. The second-order valence-corrected chi connectivity index (χ2v) is 5.94. The van der Waals surface area contributed by atoms with Crippen molar-refractivity contribution in [1.82, 2.24) is 9.97 Å². The fourth-order valence-corrected chi connectivity index (χ4v) is 3.20. The predicted octanol–water partition coefficient (Wildman–Crippen LogP) is 0.794. The Morgan fingerprint density at radius 3 is 3.14 bits per heavy atom. The summed E-state index contributed by atoms with van der Waals surface area (Å²) in [5, 5.41) is 12.4. The fourth-order valence-electron chi connectivity index (χ4n) is 2.64. The average Bonchev–Trinajstić information content (AvgIpc) is 3.06. The number of nitrogens with zero attached hydrogens (tertiary/aromatic N) is 2. The van der Waals surface area contributed by atoms with E-state index in [1.165, 1.54) is 0 Å². The lowest BCUT2D eigenvalue weighted by Crippen LogP contribution is -2.26. The Morgan fingerprint density at radius 1 is 1.67 bits per heavy atom. The highest BCUT2D eigenvalue weighted by atomic mass is 79.9. The highest BCUT2D eigenvalue weighted by Gasteiger charge is 2.25. The second kappa shape index (κ2) is 5.63. The number of aromatic amines is 1. The number of aliphatic hydroxyl groups is 1. The van der Waals surface area contributed by atoms with E-state index in [-0.39, 0.29) is 6.04 Å². The van der Waals surface area contributed by atoms with Crippen LogP contribution in [0.5, 0.6) is 0 Å². The molecule has 1 unspecified atom stereocenters. The molecule has 0 bridgehead atoms. The lowest BCUT2D eigenvalue weighted by Gasteiger charge is -2.21. The molecule has 0 spiro atoms. The Balaban J connectivity index is 2.10. The van der Waals surface area contributed by atoms with E-state index in [1.807, 2.05) is 0 Å².